The summed E-state index contributed by atoms with van der Waals surface area (Å²) in [5.74, 6) is 3.01. The molecular formula is C22H21N7. The van der Waals surface area contributed by atoms with Crippen molar-refractivity contribution >= 4 is 27.6 Å². The molecule has 0 radical (unpaired) electrons. The predicted octanol–water partition coefficient (Wildman–Crippen LogP) is 3.69. The van der Waals surface area contributed by atoms with Crippen molar-refractivity contribution in [2.45, 2.75) is 32.6 Å². The van der Waals surface area contributed by atoms with E-state index in [4.69, 9.17) is 15.1 Å². The Morgan fingerprint density at radius 1 is 1.00 bits per heavy atom. The van der Waals surface area contributed by atoms with Crippen LogP contribution in [0.4, 0.5) is 0 Å². The highest BCUT2D eigenvalue weighted by atomic mass is 15.3. The van der Waals surface area contributed by atoms with Crippen molar-refractivity contribution in [1.29, 1.82) is 0 Å². The van der Waals surface area contributed by atoms with E-state index in [-0.39, 0.29) is 5.92 Å². The Balaban J connectivity index is 1.47. The summed E-state index contributed by atoms with van der Waals surface area (Å²) in [4.78, 5) is 18.8. The molecule has 0 bridgehead atoms. The third kappa shape index (κ3) is 2.21. The lowest BCUT2D eigenvalue weighted by atomic mass is 10.2. The van der Waals surface area contributed by atoms with Gasteiger partial charge in [-0.2, -0.15) is 5.10 Å². The minimum absolute atomic E-state index is 0.272. The molecule has 1 aliphatic carbocycles. The average molecular weight is 383 g/mol. The maximum absolute atomic E-state index is 5.07. The number of nitrogens with zero attached hydrogens (tertiary/aromatic N) is 7. The smallest absolute Gasteiger partial charge is 0.177 e. The Kier molecular flexibility index (Phi) is 3.20. The SMILES string of the molecule is Cc1ncc(C)n2nc(C3C(c4nc5c6cccnc6ccc5n4C)[C@H]3C)nc12. The highest BCUT2D eigenvalue weighted by molar-refractivity contribution is 6.02. The van der Waals surface area contributed by atoms with E-state index >= 15 is 0 Å². The number of rotatable bonds is 2. The maximum Gasteiger partial charge on any atom is 0.177 e. The molecular weight excluding hydrogens is 362 g/mol. The van der Waals surface area contributed by atoms with Crippen LogP contribution in [0.3, 0.4) is 0 Å². The van der Waals surface area contributed by atoms with Crippen molar-refractivity contribution in [2.75, 3.05) is 0 Å². The fourth-order valence-corrected chi connectivity index (χ4v) is 4.63. The second kappa shape index (κ2) is 5.59. The normalized spacial score (nSPS) is 21.4. The van der Waals surface area contributed by atoms with Gasteiger partial charge in [-0.15, -0.1) is 0 Å². The van der Waals surface area contributed by atoms with Gasteiger partial charge in [0, 0.05) is 36.7 Å². The Bertz CT molecular complexity index is 1390. The zero-order chi connectivity index (χ0) is 19.9. The van der Waals surface area contributed by atoms with Crippen LogP contribution in [-0.2, 0) is 7.05 Å². The molecule has 3 atom stereocenters. The van der Waals surface area contributed by atoms with Crippen LogP contribution in [0.15, 0.2) is 36.7 Å². The van der Waals surface area contributed by atoms with Gasteiger partial charge in [0.2, 0.25) is 0 Å². The highest BCUT2D eigenvalue weighted by Crippen LogP contribution is 2.59. The summed E-state index contributed by atoms with van der Waals surface area (Å²) in [5, 5.41) is 5.91. The Morgan fingerprint density at radius 2 is 1.86 bits per heavy atom. The molecule has 1 aliphatic rings. The van der Waals surface area contributed by atoms with E-state index < -0.39 is 0 Å². The minimum Gasteiger partial charge on any atom is -0.331 e. The van der Waals surface area contributed by atoms with Gasteiger partial charge in [-0.1, -0.05) is 6.92 Å². The topological polar surface area (TPSA) is 73.8 Å². The van der Waals surface area contributed by atoms with Crippen LogP contribution in [0, 0.1) is 19.8 Å². The lowest BCUT2D eigenvalue weighted by molar-refractivity contribution is 0.774. The quantitative estimate of drug-likeness (QED) is 0.465. The van der Waals surface area contributed by atoms with Crippen LogP contribution in [0.5, 0.6) is 0 Å². The van der Waals surface area contributed by atoms with Gasteiger partial charge in [0.25, 0.3) is 0 Å². The summed E-state index contributed by atoms with van der Waals surface area (Å²) < 4.78 is 4.13. The first-order valence-electron chi connectivity index (χ1n) is 9.93. The Hall–Kier alpha value is -3.35. The summed E-state index contributed by atoms with van der Waals surface area (Å²) in [5.41, 5.74) is 5.88. The van der Waals surface area contributed by atoms with Gasteiger partial charge in [0.15, 0.2) is 11.5 Å². The van der Waals surface area contributed by atoms with E-state index in [0.717, 1.165) is 50.6 Å². The molecule has 5 aromatic rings. The van der Waals surface area contributed by atoms with Crippen molar-refractivity contribution < 1.29 is 0 Å². The van der Waals surface area contributed by atoms with E-state index in [0.29, 0.717) is 11.8 Å². The molecule has 1 aromatic carbocycles. The Labute approximate surface area is 167 Å². The third-order valence-corrected chi connectivity index (χ3v) is 6.37. The van der Waals surface area contributed by atoms with Crippen molar-refractivity contribution in [3.8, 4) is 0 Å². The van der Waals surface area contributed by atoms with Crippen LogP contribution in [0.1, 0.15) is 41.8 Å². The van der Waals surface area contributed by atoms with Crippen LogP contribution in [-0.4, -0.2) is 34.1 Å². The first-order valence-corrected chi connectivity index (χ1v) is 9.93. The van der Waals surface area contributed by atoms with Crippen LogP contribution >= 0.6 is 0 Å². The van der Waals surface area contributed by atoms with Gasteiger partial charge in [0.05, 0.1) is 27.9 Å². The average Bonchev–Trinajstić information content (AvgIpc) is 3.06. The Morgan fingerprint density at radius 3 is 2.69 bits per heavy atom. The fourth-order valence-electron chi connectivity index (χ4n) is 4.63. The number of aryl methyl sites for hydroxylation is 3. The zero-order valence-electron chi connectivity index (χ0n) is 16.8. The lowest BCUT2D eigenvalue weighted by Crippen LogP contribution is -1.98. The van der Waals surface area contributed by atoms with Crippen molar-refractivity contribution in [1.82, 2.24) is 34.1 Å². The number of fused-ring (bicyclic) bond motifs is 4. The first-order chi connectivity index (χ1) is 14.0. The van der Waals surface area contributed by atoms with Gasteiger partial charge < -0.3 is 4.57 Å². The van der Waals surface area contributed by atoms with E-state index in [1.165, 1.54) is 0 Å². The highest BCUT2D eigenvalue weighted by Gasteiger charge is 2.53. The molecule has 4 aromatic heterocycles. The molecule has 144 valence electrons. The van der Waals surface area contributed by atoms with Crippen LogP contribution < -0.4 is 0 Å². The summed E-state index contributed by atoms with van der Waals surface area (Å²) in [6.07, 6.45) is 3.67. The molecule has 0 spiro atoms. The molecule has 0 N–H and O–H groups in total. The molecule has 1 fully saturated rings. The third-order valence-electron chi connectivity index (χ3n) is 6.37. The fraction of sp³-hybridized carbons (Fsp3) is 0.318. The van der Waals surface area contributed by atoms with Gasteiger partial charge in [-0.3, -0.25) is 9.97 Å². The molecule has 0 aliphatic heterocycles. The molecule has 2 unspecified atom stereocenters. The van der Waals surface area contributed by atoms with Crippen molar-refractivity contribution in [3.05, 3.63) is 59.7 Å². The van der Waals surface area contributed by atoms with E-state index in [1.54, 1.807) is 0 Å². The summed E-state index contributed by atoms with van der Waals surface area (Å²) in [7, 11) is 2.10. The largest absolute Gasteiger partial charge is 0.331 e. The van der Waals surface area contributed by atoms with E-state index in [1.807, 2.05) is 36.8 Å². The minimum atomic E-state index is 0.272. The number of hydrogen-bond donors (Lipinski definition) is 0. The van der Waals surface area contributed by atoms with Gasteiger partial charge in [-0.05, 0) is 44.0 Å². The standard InChI is InChI=1S/C22H21N7/c1-11-10-24-13(3)21-26-20(27-29(11)21)17-12(2)18(17)22-25-19-14-6-5-9-23-15(14)7-8-16(19)28(22)4/h5-10,12,17-18H,1-4H3/t12-,17?,18?/m0/s1. The molecule has 6 rings (SSSR count). The summed E-state index contributed by atoms with van der Waals surface area (Å²) >= 11 is 0. The molecule has 7 heteroatoms. The van der Waals surface area contributed by atoms with Gasteiger partial charge >= 0.3 is 0 Å². The predicted molar refractivity (Wildman–Crippen MR) is 111 cm³/mol. The number of aromatic nitrogens is 7. The molecule has 4 heterocycles. The van der Waals surface area contributed by atoms with E-state index in [9.17, 15) is 0 Å². The first kappa shape index (κ1) is 16.6. The number of imidazole rings is 1. The second-order valence-corrected chi connectivity index (χ2v) is 8.13. The molecule has 0 amide bonds. The van der Waals surface area contributed by atoms with Crippen LogP contribution in [0.2, 0.25) is 0 Å². The lowest BCUT2D eigenvalue weighted by Gasteiger charge is -2.01. The number of benzene rings is 1. The molecule has 29 heavy (non-hydrogen) atoms. The van der Waals surface area contributed by atoms with Crippen LogP contribution in [0.25, 0.3) is 27.6 Å². The van der Waals surface area contributed by atoms with E-state index in [2.05, 4.69) is 46.7 Å². The van der Waals surface area contributed by atoms with Crippen molar-refractivity contribution in [3.63, 3.8) is 0 Å². The van der Waals surface area contributed by atoms with Gasteiger partial charge in [-0.25, -0.2) is 14.5 Å². The summed E-state index contributed by atoms with van der Waals surface area (Å²) in [6.45, 7) is 6.25. The summed E-state index contributed by atoms with van der Waals surface area (Å²) in [6, 6.07) is 8.25. The van der Waals surface area contributed by atoms with Gasteiger partial charge in [0.1, 0.15) is 5.82 Å². The maximum atomic E-state index is 5.07. The number of pyridine rings is 1. The number of hydrogen-bond acceptors (Lipinski definition) is 5. The molecule has 7 nitrogen and oxygen atoms in total. The molecule has 0 saturated heterocycles. The molecule has 1 saturated carbocycles. The monoisotopic (exact) mass is 383 g/mol. The van der Waals surface area contributed by atoms with Crippen molar-refractivity contribution in [2.24, 2.45) is 13.0 Å². The second-order valence-electron chi connectivity index (χ2n) is 8.13. The zero-order valence-corrected chi connectivity index (χ0v) is 16.8.